The number of carbonyl (C=O) groups is 1. The van der Waals surface area contributed by atoms with Crippen molar-refractivity contribution in [3.63, 3.8) is 0 Å². The lowest BCUT2D eigenvalue weighted by molar-refractivity contribution is -0.115. The van der Waals surface area contributed by atoms with Crippen molar-refractivity contribution in [2.45, 2.75) is 13.3 Å². The second-order valence-electron chi connectivity index (χ2n) is 2.11. The Morgan fingerprint density at radius 3 is 2.82 bits per heavy atom. The average Bonchev–Trinajstić information content (AvgIpc) is 2.04. The third-order valence-electron chi connectivity index (χ3n) is 1.20. The number of hydrogen-bond donors (Lipinski definition) is 2. The Bertz CT molecular complexity index is 149. The summed E-state index contributed by atoms with van der Waals surface area (Å²) < 4.78 is 0. The summed E-state index contributed by atoms with van der Waals surface area (Å²) in [5.74, 6) is 1.65. The monoisotopic (exact) mass is 154 g/mol. The Morgan fingerprint density at radius 1 is 1.55 bits per heavy atom. The van der Waals surface area contributed by atoms with Crippen molar-refractivity contribution in [3.8, 4) is 12.3 Å². The molecule has 3 nitrogen and oxygen atoms in total. The van der Waals surface area contributed by atoms with E-state index in [1.165, 1.54) is 0 Å². The fraction of sp³-hybridized carbons (Fsp3) is 0.625. The predicted octanol–water partition coefficient (Wildman–Crippen LogP) is -0.265. The van der Waals surface area contributed by atoms with E-state index in [1.54, 1.807) is 0 Å². The second kappa shape index (κ2) is 7.10. The lowest BCUT2D eigenvalue weighted by Gasteiger charge is -2.00. The number of rotatable bonds is 5. The molecule has 0 saturated carbocycles. The van der Waals surface area contributed by atoms with Gasteiger partial charge >= 0.3 is 0 Å². The molecule has 0 fully saturated rings. The Hall–Kier alpha value is -1.01. The lowest BCUT2D eigenvalue weighted by atomic mass is 10.4. The second-order valence-corrected chi connectivity index (χ2v) is 2.11. The Balaban J connectivity index is 3.03. The molecule has 1 amide bonds. The van der Waals surface area contributed by atoms with Crippen LogP contribution in [0, 0.1) is 12.3 Å². The van der Waals surface area contributed by atoms with Crippen molar-refractivity contribution >= 4 is 5.91 Å². The molecular formula is C8H14N2O. The molecule has 0 atom stereocenters. The molecule has 0 rings (SSSR count). The molecular weight excluding hydrogens is 140 g/mol. The van der Waals surface area contributed by atoms with Crippen LogP contribution in [0.2, 0.25) is 0 Å². The summed E-state index contributed by atoms with van der Waals surface area (Å²) in [5, 5.41) is 5.71. The number of hydrogen-bond acceptors (Lipinski definition) is 2. The molecule has 0 spiro atoms. The van der Waals surface area contributed by atoms with E-state index in [2.05, 4.69) is 10.6 Å². The van der Waals surface area contributed by atoms with E-state index >= 15 is 0 Å². The Morgan fingerprint density at radius 2 is 2.27 bits per heavy atom. The van der Waals surface area contributed by atoms with Gasteiger partial charge in [0, 0.05) is 6.54 Å². The van der Waals surface area contributed by atoms with E-state index in [0.717, 1.165) is 19.5 Å². The van der Waals surface area contributed by atoms with Crippen molar-refractivity contribution in [1.82, 2.24) is 10.6 Å². The van der Waals surface area contributed by atoms with E-state index in [9.17, 15) is 4.79 Å². The maximum Gasteiger partial charge on any atom is 0.295 e. The zero-order valence-corrected chi connectivity index (χ0v) is 6.81. The van der Waals surface area contributed by atoms with Gasteiger partial charge in [-0.1, -0.05) is 6.92 Å². The van der Waals surface area contributed by atoms with Crippen LogP contribution in [0.4, 0.5) is 0 Å². The maximum absolute atomic E-state index is 10.5. The molecule has 0 unspecified atom stereocenters. The first-order valence-corrected chi connectivity index (χ1v) is 3.76. The van der Waals surface area contributed by atoms with Crippen LogP contribution < -0.4 is 10.6 Å². The standard InChI is InChI=1S/C8H14N2O/c1-3-8(11)10-7-5-6-9-4-2/h1,9H,4-7H2,2H3,(H,10,11). The van der Waals surface area contributed by atoms with E-state index < -0.39 is 0 Å². The minimum absolute atomic E-state index is 0.332. The summed E-state index contributed by atoms with van der Waals surface area (Å²) in [6.07, 6.45) is 5.75. The van der Waals surface area contributed by atoms with Crippen molar-refractivity contribution in [2.24, 2.45) is 0 Å². The highest BCUT2D eigenvalue weighted by atomic mass is 16.1. The van der Waals surface area contributed by atoms with Gasteiger partial charge in [-0.3, -0.25) is 4.79 Å². The zero-order valence-electron chi connectivity index (χ0n) is 6.81. The van der Waals surface area contributed by atoms with Crippen molar-refractivity contribution < 1.29 is 4.79 Å². The summed E-state index contributed by atoms with van der Waals surface area (Å²) >= 11 is 0. The van der Waals surface area contributed by atoms with Gasteiger partial charge < -0.3 is 10.6 Å². The summed E-state index contributed by atoms with van der Waals surface area (Å²) in [6, 6.07) is 0. The highest BCUT2D eigenvalue weighted by molar-refractivity contribution is 5.92. The number of amides is 1. The molecule has 0 aromatic carbocycles. The van der Waals surface area contributed by atoms with Gasteiger partial charge in [0.25, 0.3) is 5.91 Å². The molecule has 11 heavy (non-hydrogen) atoms. The van der Waals surface area contributed by atoms with Gasteiger partial charge in [-0.15, -0.1) is 6.42 Å². The minimum Gasteiger partial charge on any atom is -0.345 e. The quantitative estimate of drug-likeness (QED) is 0.423. The Labute approximate surface area is 67.6 Å². The van der Waals surface area contributed by atoms with Crippen LogP contribution in [0.1, 0.15) is 13.3 Å². The van der Waals surface area contributed by atoms with Gasteiger partial charge in [0.15, 0.2) is 0 Å². The molecule has 2 N–H and O–H groups in total. The number of nitrogens with one attached hydrogen (secondary N) is 2. The van der Waals surface area contributed by atoms with E-state index in [4.69, 9.17) is 6.42 Å². The van der Waals surface area contributed by atoms with E-state index in [-0.39, 0.29) is 5.91 Å². The van der Waals surface area contributed by atoms with Crippen molar-refractivity contribution in [3.05, 3.63) is 0 Å². The van der Waals surface area contributed by atoms with Crippen LogP contribution in [0.3, 0.4) is 0 Å². The van der Waals surface area contributed by atoms with E-state index in [0.29, 0.717) is 6.54 Å². The molecule has 0 bridgehead atoms. The average molecular weight is 154 g/mol. The molecule has 0 saturated heterocycles. The largest absolute Gasteiger partial charge is 0.345 e. The molecule has 0 aromatic heterocycles. The molecule has 0 aliphatic carbocycles. The fourth-order valence-corrected chi connectivity index (χ4v) is 0.643. The van der Waals surface area contributed by atoms with Gasteiger partial charge in [0.1, 0.15) is 0 Å². The molecule has 0 heterocycles. The topological polar surface area (TPSA) is 41.1 Å². The van der Waals surface area contributed by atoms with Crippen LogP contribution >= 0.6 is 0 Å². The minimum atomic E-state index is -0.332. The molecule has 62 valence electrons. The molecule has 0 radical (unpaired) electrons. The fourth-order valence-electron chi connectivity index (χ4n) is 0.643. The first-order chi connectivity index (χ1) is 5.31. The molecule has 0 aliphatic heterocycles. The predicted molar refractivity (Wildman–Crippen MR) is 45.0 cm³/mol. The summed E-state index contributed by atoms with van der Waals surface area (Å²) in [7, 11) is 0. The first kappa shape index (κ1) is 9.99. The third kappa shape index (κ3) is 6.88. The first-order valence-electron chi connectivity index (χ1n) is 3.76. The Kier molecular flexibility index (Phi) is 6.45. The summed E-state index contributed by atoms with van der Waals surface area (Å²) in [5.41, 5.74) is 0. The SMILES string of the molecule is C#CC(=O)NCCCNCC. The van der Waals surface area contributed by atoms with Crippen molar-refractivity contribution in [1.29, 1.82) is 0 Å². The van der Waals surface area contributed by atoms with Crippen molar-refractivity contribution in [2.75, 3.05) is 19.6 Å². The molecule has 0 aromatic rings. The van der Waals surface area contributed by atoms with E-state index in [1.807, 2.05) is 12.8 Å². The van der Waals surface area contributed by atoms with Crippen LogP contribution in [0.25, 0.3) is 0 Å². The maximum atomic E-state index is 10.5. The smallest absolute Gasteiger partial charge is 0.295 e. The summed E-state index contributed by atoms with van der Waals surface area (Å²) in [4.78, 5) is 10.5. The number of carbonyl (C=O) groups excluding carboxylic acids is 1. The van der Waals surface area contributed by atoms with Gasteiger partial charge in [0.05, 0.1) is 0 Å². The van der Waals surface area contributed by atoms with Gasteiger partial charge in [-0.2, -0.15) is 0 Å². The lowest BCUT2D eigenvalue weighted by Crippen LogP contribution is -2.25. The highest BCUT2D eigenvalue weighted by Crippen LogP contribution is 1.72. The normalized spacial score (nSPS) is 8.73. The van der Waals surface area contributed by atoms with Crippen LogP contribution in [-0.4, -0.2) is 25.5 Å². The third-order valence-corrected chi connectivity index (χ3v) is 1.20. The van der Waals surface area contributed by atoms with Crippen LogP contribution in [0.15, 0.2) is 0 Å². The summed E-state index contributed by atoms with van der Waals surface area (Å²) in [6.45, 7) is 4.57. The number of terminal acetylenes is 1. The zero-order chi connectivity index (χ0) is 8.53. The van der Waals surface area contributed by atoms with Crippen LogP contribution in [-0.2, 0) is 4.79 Å². The molecule has 3 heteroatoms. The molecule has 0 aliphatic rings. The van der Waals surface area contributed by atoms with Gasteiger partial charge in [-0.25, -0.2) is 0 Å². The van der Waals surface area contributed by atoms with Gasteiger partial charge in [-0.05, 0) is 25.4 Å². The van der Waals surface area contributed by atoms with Crippen LogP contribution in [0.5, 0.6) is 0 Å². The van der Waals surface area contributed by atoms with Gasteiger partial charge in [0.2, 0.25) is 0 Å². The highest BCUT2D eigenvalue weighted by Gasteiger charge is 1.91.